The highest BCUT2D eigenvalue weighted by Gasteiger charge is 2.23. The average Bonchev–Trinajstić information content (AvgIpc) is 3.01. The number of Topliss-reactive ketones (excluding diaryl/α,β-unsaturated/α-hetero) is 1. The number of halogens is 1. The van der Waals surface area contributed by atoms with Crippen molar-refractivity contribution in [3.63, 3.8) is 0 Å². The SMILES string of the molecule is COc1ccc(F)cc1C(=O)CN1CC1. The molecule has 1 fully saturated rings. The molecule has 1 saturated heterocycles. The van der Waals surface area contributed by atoms with E-state index in [1.165, 1.54) is 25.3 Å². The number of nitrogens with zero attached hydrogens (tertiary/aromatic N) is 1. The van der Waals surface area contributed by atoms with E-state index < -0.39 is 5.82 Å². The van der Waals surface area contributed by atoms with Crippen LogP contribution in [0.15, 0.2) is 18.2 Å². The third-order valence-electron chi connectivity index (χ3n) is 2.37. The molecule has 2 rings (SSSR count). The molecule has 4 heteroatoms. The van der Waals surface area contributed by atoms with E-state index >= 15 is 0 Å². The lowest BCUT2D eigenvalue weighted by Crippen LogP contribution is -2.14. The van der Waals surface area contributed by atoms with Crippen LogP contribution in [0.3, 0.4) is 0 Å². The second kappa shape index (κ2) is 3.98. The molecule has 1 heterocycles. The van der Waals surface area contributed by atoms with E-state index in [9.17, 15) is 9.18 Å². The van der Waals surface area contributed by atoms with Crippen molar-refractivity contribution in [1.82, 2.24) is 4.90 Å². The van der Waals surface area contributed by atoms with Crippen molar-refractivity contribution in [2.45, 2.75) is 0 Å². The smallest absolute Gasteiger partial charge is 0.180 e. The molecular weight excluding hydrogens is 197 g/mol. The van der Waals surface area contributed by atoms with Crippen LogP contribution in [0.25, 0.3) is 0 Å². The molecule has 0 saturated carbocycles. The molecule has 0 bridgehead atoms. The molecule has 1 aliphatic heterocycles. The van der Waals surface area contributed by atoms with Crippen LogP contribution in [0.2, 0.25) is 0 Å². The zero-order valence-corrected chi connectivity index (χ0v) is 8.50. The number of carbonyl (C=O) groups excluding carboxylic acids is 1. The van der Waals surface area contributed by atoms with Gasteiger partial charge in [0.2, 0.25) is 0 Å². The molecule has 15 heavy (non-hydrogen) atoms. The Morgan fingerprint density at radius 2 is 2.27 bits per heavy atom. The summed E-state index contributed by atoms with van der Waals surface area (Å²) in [5, 5.41) is 0. The first kappa shape index (κ1) is 10.1. The zero-order chi connectivity index (χ0) is 10.8. The van der Waals surface area contributed by atoms with E-state index in [0.29, 0.717) is 17.9 Å². The Morgan fingerprint density at radius 1 is 1.53 bits per heavy atom. The molecule has 0 aromatic heterocycles. The third-order valence-corrected chi connectivity index (χ3v) is 2.37. The molecule has 0 N–H and O–H groups in total. The maximum atomic E-state index is 13.0. The minimum absolute atomic E-state index is 0.0937. The summed E-state index contributed by atoms with van der Waals surface area (Å²) in [5.41, 5.74) is 0.324. The molecular formula is C11H12FNO2. The van der Waals surface area contributed by atoms with Crippen LogP contribution in [-0.4, -0.2) is 37.4 Å². The summed E-state index contributed by atoms with van der Waals surface area (Å²) in [4.78, 5) is 13.7. The monoisotopic (exact) mass is 209 g/mol. The molecule has 3 nitrogen and oxygen atoms in total. The summed E-state index contributed by atoms with van der Waals surface area (Å²) in [6, 6.07) is 3.99. The van der Waals surface area contributed by atoms with E-state index in [-0.39, 0.29) is 5.78 Å². The van der Waals surface area contributed by atoms with Gasteiger partial charge in [0.25, 0.3) is 0 Å². The first-order valence-corrected chi connectivity index (χ1v) is 4.80. The number of ketones is 1. The van der Waals surface area contributed by atoms with Crippen LogP contribution in [-0.2, 0) is 0 Å². The Kier molecular flexibility index (Phi) is 2.68. The van der Waals surface area contributed by atoms with Gasteiger partial charge in [0.1, 0.15) is 11.6 Å². The fourth-order valence-corrected chi connectivity index (χ4v) is 1.42. The predicted molar refractivity (Wildman–Crippen MR) is 53.7 cm³/mol. The van der Waals surface area contributed by atoms with Crippen LogP contribution in [0.1, 0.15) is 10.4 Å². The minimum atomic E-state index is -0.412. The van der Waals surface area contributed by atoms with E-state index in [0.717, 1.165) is 13.1 Å². The largest absolute Gasteiger partial charge is 0.496 e. The number of methoxy groups -OCH3 is 1. The third kappa shape index (κ3) is 2.33. The molecule has 0 amide bonds. The second-order valence-corrected chi connectivity index (χ2v) is 3.54. The van der Waals surface area contributed by atoms with Gasteiger partial charge in [0, 0.05) is 13.1 Å². The van der Waals surface area contributed by atoms with Crippen molar-refractivity contribution in [3.05, 3.63) is 29.6 Å². The molecule has 0 aliphatic carbocycles. The van der Waals surface area contributed by atoms with Gasteiger partial charge in [-0.05, 0) is 18.2 Å². The first-order valence-electron chi connectivity index (χ1n) is 4.80. The van der Waals surface area contributed by atoms with E-state index in [4.69, 9.17) is 4.74 Å². The number of ether oxygens (including phenoxy) is 1. The topological polar surface area (TPSA) is 29.3 Å². The van der Waals surface area contributed by atoms with Crippen molar-refractivity contribution >= 4 is 5.78 Å². The molecule has 1 aromatic carbocycles. The summed E-state index contributed by atoms with van der Waals surface area (Å²) in [6.45, 7) is 2.24. The highest BCUT2D eigenvalue weighted by molar-refractivity contribution is 6.00. The molecule has 80 valence electrons. The van der Waals surface area contributed by atoms with Crippen LogP contribution in [0, 0.1) is 5.82 Å². The molecule has 0 spiro atoms. The Hall–Kier alpha value is -1.42. The van der Waals surface area contributed by atoms with Gasteiger partial charge in [-0.25, -0.2) is 4.39 Å². The molecule has 0 unspecified atom stereocenters. The van der Waals surface area contributed by atoms with Gasteiger partial charge in [0.15, 0.2) is 5.78 Å². The number of benzene rings is 1. The summed E-state index contributed by atoms with van der Waals surface area (Å²) in [7, 11) is 1.47. The molecule has 0 atom stereocenters. The van der Waals surface area contributed by atoms with Gasteiger partial charge >= 0.3 is 0 Å². The second-order valence-electron chi connectivity index (χ2n) is 3.54. The van der Waals surface area contributed by atoms with Crippen molar-refractivity contribution in [2.24, 2.45) is 0 Å². The minimum Gasteiger partial charge on any atom is -0.496 e. The Morgan fingerprint density at radius 3 is 2.87 bits per heavy atom. The van der Waals surface area contributed by atoms with Crippen molar-refractivity contribution in [1.29, 1.82) is 0 Å². The van der Waals surface area contributed by atoms with Crippen molar-refractivity contribution < 1.29 is 13.9 Å². The van der Waals surface area contributed by atoms with Gasteiger partial charge in [0.05, 0.1) is 19.2 Å². The maximum Gasteiger partial charge on any atom is 0.180 e. The summed E-state index contributed by atoms with van der Waals surface area (Å²) in [6.07, 6.45) is 0. The van der Waals surface area contributed by atoms with E-state index in [1.807, 2.05) is 4.90 Å². The Labute approximate surface area is 87.5 Å². The average molecular weight is 209 g/mol. The summed E-state index contributed by atoms with van der Waals surface area (Å²) < 4.78 is 18.0. The Bertz CT molecular complexity index is 388. The van der Waals surface area contributed by atoms with Gasteiger partial charge in [-0.2, -0.15) is 0 Å². The first-order chi connectivity index (χ1) is 7.20. The van der Waals surface area contributed by atoms with Crippen LogP contribution >= 0.6 is 0 Å². The van der Waals surface area contributed by atoms with E-state index in [2.05, 4.69) is 0 Å². The Balaban J connectivity index is 2.23. The molecule has 1 aliphatic rings. The molecule has 0 radical (unpaired) electrons. The van der Waals surface area contributed by atoms with Crippen LogP contribution < -0.4 is 4.74 Å². The van der Waals surface area contributed by atoms with Gasteiger partial charge < -0.3 is 4.74 Å². The number of hydrogen-bond donors (Lipinski definition) is 0. The van der Waals surface area contributed by atoms with Gasteiger partial charge in [-0.15, -0.1) is 0 Å². The normalized spacial score (nSPS) is 15.1. The van der Waals surface area contributed by atoms with E-state index in [1.54, 1.807) is 0 Å². The summed E-state index contributed by atoms with van der Waals surface area (Å²) >= 11 is 0. The quantitative estimate of drug-likeness (QED) is 0.553. The fourth-order valence-electron chi connectivity index (χ4n) is 1.42. The van der Waals surface area contributed by atoms with Crippen LogP contribution in [0.5, 0.6) is 5.75 Å². The van der Waals surface area contributed by atoms with Gasteiger partial charge in [-0.3, -0.25) is 9.69 Å². The van der Waals surface area contributed by atoms with Crippen molar-refractivity contribution in [2.75, 3.05) is 26.7 Å². The highest BCUT2D eigenvalue weighted by Crippen LogP contribution is 2.20. The van der Waals surface area contributed by atoms with Crippen molar-refractivity contribution in [3.8, 4) is 5.75 Å². The lowest BCUT2D eigenvalue weighted by molar-refractivity contribution is 0.0971. The fraction of sp³-hybridized carbons (Fsp3) is 0.364. The number of hydrogen-bond acceptors (Lipinski definition) is 3. The number of rotatable bonds is 4. The summed E-state index contributed by atoms with van der Waals surface area (Å²) in [5.74, 6) is -0.0722. The lowest BCUT2D eigenvalue weighted by Gasteiger charge is -2.07. The van der Waals surface area contributed by atoms with Crippen LogP contribution in [0.4, 0.5) is 4.39 Å². The standard InChI is InChI=1S/C11H12FNO2/c1-15-11-3-2-8(12)6-9(11)10(14)7-13-4-5-13/h2-3,6H,4-5,7H2,1H3. The zero-order valence-electron chi connectivity index (χ0n) is 8.50. The molecule has 1 aromatic rings. The lowest BCUT2D eigenvalue weighted by atomic mass is 10.1. The number of carbonyl (C=O) groups is 1. The van der Waals surface area contributed by atoms with Gasteiger partial charge in [-0.1, -0.05) is 0 Å². The predicted octanol–water partition coefficient (Wildman–Crippen LogP) is 1.33. The highest BCUT2D eigenvalue weighted by atomic mass is 19.1. The maximum absolute atomic E-state index is 13.0.